The van der Waals surface area contributed by atoms with Gasteiger partial charge < -0.3 is 20.5 Å². The number of ether oxygens (including phenoxy) is 2. The molecule has 0 fully saturated rings. The van der Waals surface area contributed by atoms with Gasteiger partial charge in [-0.2, -0.15) is 0 Å². The lowest BCUT2D eigenvalue weighted by Gasteiger charge is -2.40. The van der Waals surface area contributed by atoms with E-state index in [1.807, 2.05) is 30.3 Å². The van der Waals surface area contributed by atoms with E-state index in [0.29, 0.717) is 19.3 Å². The number of nitrogens with one attached hydrogen (secondary N) is 1. The number of rotatable bonds is 1. The van der Waals surface area contributed by atoms with Crippen LogP contribution in [0.1, 0.15) is 101 Å². The number of guanidine groups is 1. The average molecular weight is 545 g/mol. The molecule has 2 aromatic rings. The first kappa shape index (κ1) is 26.7. The Balaban J connectivity index is 1.36. The van der Waals surface area contributed by atoms with E-state index in [0.717, 1.165) is 54.7 Å². The molecule has 3 N–H and O–H groups in total. The zero-order valence-corrected chi connectivity index (χ0v) is 23.7. The van der Waals surface area contributed by atoms with Gasteiger partial charge >= 0.3 is 0 Å². The van der Waals surface area contributed by atoms with E-state index in [1.54, 1.807) is 4.90 Å². The minimum Gasteiger partial charge on any atom is -0.488 e. The third kappa shape index (κ3) is 4.93. The number of aliphatic imine (C=N–C) groups is 1. The van der Waals surface area contributed by atoms with Crippen LogP contribution in [0.5, 0.6) is 11.5 Å². The molecule has 0 aliphatic carbocycles. The van der Waals surface area contributed by atoms with Crippen molar-refractivity contribution in [1.82, 2.24) is 10.2 Å². The first-order valence-electron chi connectivity index (χ1n) is 14.7. The molecule has 0 spiro atoms. The highest BCUT2D eigenvalue weighted by Crippen LogP contribution is 2.45. The number of fused-ring (bicyclic) bond motifs is 8. The summed E-state index contributed by atoms with van der Waals surface area (Å²) in [6, 6.07) is 13.6. The Hall–Kier alpha value is -3.55. The van der Waals surface area contributed by atoms with Crippen molar-refractivity contribution < 1.29 is 19.1 Å². The quantitative estimate of drug-likeness (QED) is 0.519. The highest BCUT2D eigenvalue weighted by Gasteiger charge is 2.47. The van der Waals surface area contributed by atoms with E-state index >= 15 is 0 Å². The largest absolute Gasteiger partial charge is 0.488 e. The number of aryl methyl sites for hydroxylation is 1. The highest BCUT2D eigenvalue weighted by atomic mass is 16.5. The predicted octanol–water partition coefficient (Wildman–Crippen LogP) is 5.11. The Morgan fingerprint density at radius 3 is 2.70 bits per heavy atom. The van der Waals surface area contributed by atoms with Crippen molar-refractivity contribution in [3.63, 3.8) is 0 Å². The highest BCUT2D eigenvalue weighted by molar-refractivity contribution is 5.99. The van der Waals surface area contributed by atoms with Crippen LogP contribution in [0, 0.1) is 0 Å². The van der Waals surface area contributed by atoms with Crippen molar-refractivity contribution in [1.29, 1.82) is 0 Å². The molecule has 5 aliphatic heterocycles. The van der Waals surface area contributed by atoms with Crippen LogP contribution < -0.4 is 20.5 Å². The number of carbonyl (C=O) groups is 2. The molecular weight excluding hydrogens is 504 g/mol. The van der Waals surface area contributed by atoms with Gasteiger partial charge in [-0.3, -0.25) is 14.5 Å². The molecule has 0 radical (unpaired) electrons. The van der Waals surface area contributed by atoms with Gasteiger partial charge in [0.25, 0.3) is 0 Å². The third-order valence-electron chi connectivity index (χ3n) is 9.03. The van der Waals surface area contributed by atoms with Gasteiger partial charge in [0.2, 0.25) is 11.8 Å². The normalized spacial score (nSPS) is 29.6. The molecule has 2 amide bonds. The van der Waals surface area contributed by atoms with Crippen LogP contribution in [0.25, 0.3) is 0 Å². The van der Waals surface area contributed by atoms with Crippen molar-refractivity contribution >= 4 is 17.8 Å². The van der Waals surface area contributed by atoms with Crippen molar-refractivity contribution in [3.05, 3.63) is 59.2 Å². The van der Waals surface area contributed by atoms with Crippen molar-refractivity contribution in [2.45, 2.75) is 108 Å². The van der Waals surface area contributed by atoms with Crippen LogP contribution in [-0.2, 0) is 16.0 Å². The lowest BCUT2D eigenvalue weighted by atomic mass is 9.84. The van der Waals surface area contributed by atoms with Crippen molar-refractivity contribution in [3.8, 4) is 11.5 Å². The maximum absolute atomic E-state index is 13.8. The van der Waals surface area contributed by atoms with E-state index < -0.39 is 17.7 Å². The maximum atomic E-state index is 13.8. The Bertz CT molecular complexity index is 1350. The minimum atomic E-state index is -0.488. The molecule has 8 nitrogen and oxygen atoms in total. The number of para-hydroxylation sites is 1. The van der Waals surface area contributed by atoms with Gasteiger partial charge in [0.05, 0.1) is 18.0 Å². The molecule has 4 bridgehead atoms. The Morgan fingerprint density at radius 1 is 1.07 bits per heavy atom. The molecule has 2 aromatic carbocycles. The molecule has 0 saturated carbocycles. The van der Waals surface area contributed by atoms with E-state index in [-0.39, 0.29) is 35.8 Å². The summed E-state index contributed by atoms with van der Waals surface area (Å²) in [4.78, 5) is 33.8. The minimum absolute atomic E-state index is 0.0279. The molecular formula is C32H40N4O4. The van der Waals surface area contributed by atoms with Gasteiger partial charge in [0, 0.05) is 24.0 Å². The molecule has 212 valence electrons. The lowest BCUT2D eigenvalue weighted by molar-refractivity contribution is -0.132. The molecule has 0 saturated heterocycles. The summed E-state index contributed by atoms with van der Waals surface area (Å²) < 4.78 is 12.6. The number of hydrogen-bond donors (Lipinski definition) is 2. The molecule has 8 heteroatoms. The monoisotopic (exact) mass is 544 g/mol. The number of nitrogens with zero attached hydrogens (tertiary/aromatic N) is 2. The lowest BCUT2D eigenvalue weighted by Crippen LogP contribution is -2.54. The van der Waals surface area contributed by atoms with Gasteiger partial charge in [-0.15, -0.1) is 0 Å². The number of amides is 2. The average Bonchev–Trinajstić information content (AvgIpc) is 3.27. The molecule has 5 aliphatic rings. The van der Waals surface area contributed by atoms with Crippen molar-refractivity contribution in [2.24, 2.45) is 10.7 Å². The fourth-order valence-corrected chi connectivity index (χ4v) is 6.95. The maximum Gasteiger partial charge on any atom is 0.232 e. The second kappa shape index (κ2) is 10.1. The fraction of sp³-hybridized carbons (Fsp3) is 0.531. The Kier molecular flexibility index (Phi) is 6.75. The van der Waals surface area contributed by atoms with Crippen LogP contribution in [0.4, 0.5) is 0 Å². The summed E-state index contributed by atoms with van der Waals surface area (Å²) in [5.74, 6) is 1.75. The smallest absolute Gasteiger partial charge is 0.232 e. The van der Waals surface area contributed by atoms with Crippen LogP contribution in [0.3, 0.4) is 0 Å². The SMILES string of the molecule is CC[C@@]12CCCCc3ccc4c(c3)[C@H](CC(C)(C)O4)NC(=O)CCC3Oc4ccccc4C3N(C(=O)C1)C(N)=N2. The van der Waals surface area contributed by atoms with Gasteiger partial charge in [0.15, 0.2) is 5.96 Å². The summed E-state index contributed by atoms with van der Waals surface area (Å²) >= 11 is 0. The topological polar surface area (TPSA) is 106 Å². The zero-order chi connectivity index (χ0) is 28.1. The second-order valence-corrected chi connectivity index (χ2v) is 12.4. The van der Waals surface area contributed by atoms with Crippen LogP contribution in [0.2, 0.25) is 0 Å². The van der Waals surface area contributed by atoms with Crippen molar-refractivity contribution in [2.75, 3.05) is 0 Å². The van der Waals surface area contributed by atoms with Gasteiger partial charge in [-0.25, -0.2) is 4.99 Å². The molecule has 4 atom stereocenters. The summed E-state index contributed by atoms with van der Waals surface area (Å²) in [6.07, 6.45) is 5.71. The number of carbonyl (C=O) groups excluding carboxylic acids is 2. The second-order valence-electron chi connectivity index (χ2n) is 12.4. The summed E-state index contributed by atoms with van der Waals surface area (Å²) in [5.41, 5.74) is 8.90. The first-order chi connectivity index (χ1) is 19.2. The Morgan fingerprint density at radius 2 is 1.90 bits per heavy atom. The van der Waals surface area contributed by atoms with Gasteiger partial charge in [0.1, 0.15) is 29.2 Å². The van der Waals surface area contributed by atoms with Crippen LogP contribution in [-0.4, -0.2) is 39.9 Å². The molecule has 0 aromatic heterocycles. The predicted molar refractivity (Wildman–Crippen MR) is 153 cm³/mol. The zero-order valence-electron chi connectivity index (χ0n) is 23.7. The molecule has 2 unspecified atom stereocenters. The first-order valence-corrected chi connectivity index (χ1v) is 14.7. The number of benzene rings is 2. The standard InChI is InChI=1S/C32H40N4O4/c1-4-32-16-8-7-9-20-12-13-25-22(17-20)23(18-31(2,3)40-25)34-27(37)15-14-26-29(21-10-5-6-11-24(21)39-26)36(28(38)19-32)30(33)35-32/h5-6,10-13,17,23,26,29H,4,7-9,14-16,18-19H2,1-3H3,(H2,33,35)(H,34,37)/t23-,26?,29?,32+/m0/s1. The van der Waals surface area contributed by atoms with Crippen LogP contribution >= 0.6 is 0 Å². The van der Waals surface area contributed by atoms with E-state index in [1.165, 1.54) is 5.56 Å². The number of nitrogens with two attached hydrogens (primary N) is 1. The summed E-state index contributed by atoms with van der Waals surface area (Å²) in [5, 5.41) is 3.29. The molecule has 40 heavy (non-hydrogen) atoms. The summed E-state index contributed by atoms with van der Waals surface area (Å²) in [6.45, 7) is 6.21. The van der Waals surface area contributed by atoms with Gasteiger partial charge in [-0.1, -0.05) is 43.7 Å². The number of hydrogen-bond acceptors (Lipinski definition) is 6. The summed E-state index contributed by atoms with van der Waals surface area (Å²) in [7, 11) is 0. The van der Waals surface area contributed by atoms with E-state index in [2.05, 4.69) is 38.2 Å². The van der Waals surface area contributed by atoms with Gasteiger partial charge in [-0.05, 0) is 63.6 Å². The third-order valence-corrected chi connectivity index (χ3v) is 9.03. The van der Waals surface area contributed by atoms with E-state index in [4.69, 9.17) is 20.2 Å². The molecule has 5 heterocycles. The molecule has 7 rings (SSSR count). The Labute approximate surface area is 236 Å². The van der Waals surface area contributed by atoms with E-state index in [9.17, 15) is 9.59 Å². The fourth-order valence-electron chi connectivity index (χ4n) is 6.95. The van der Waals surface area contributed by atoms with Crippen LogP contribution in [0.15, 0.2) is 47.5 Å².